The van der Waals surface area contributed by atoms with Crippen LogP contribution in [0.4, 0.5) is 17.6 Å². The van der Waals surface area contributed by atoms with Crippen LogP contribution in [0.5, 0.6) is 0 Å². The summed E-state index contributed by atoms with van der Waals surface area (Å²) < 4.78 is 53.9. The van der Waals surface area contributed by atoms with Crippen LogP contribution < -0.4 is 0 Å². The minimum atomic E-state index is -4.84. The summed E-state index contributed by atoms with van der Waals surface area (Å²) in [5.74, 6) is -0.457. The number of nitrogens with zero attached hydrogens (tertiary/aromatic N) is 3. The standard InChI is InChI=1S/C16H13F4N3O/c1-9-14(22-13-4-3-12(17)8-23(9)13)10-5-11(7-21-6-10)15(2,24)16(18,19)20/h3-8,24H,1-2H3. The molecule has 0 bridgehead atoms. The molecular formula is C16H13F4N3O. The summed E-state index contributed by atoms with van der Waals surface area (Å²) in [6.07, 6.45) is -1.29. The van der Waals surface area contributed by atoms with Crippen molar-refractivity contribution in [3.63, 3.8) is 0 Å². The predicted molar refractivity (Wildman–Crippen MR) is 78.7 cm³/mol. The lowest BCUT2D eigenvalue weighted by atomic mass is 9.95. The third-order valence-electron chi connectivity index (χ3n) is 3.95. The van der Waals surface area contributed by atoms with E-state index in [4.69, 9.17) is 0 Å². The number of aliphatic hydroxyl groups is 1. The number of aromatic nitrogens is 3. The monoisotopic (exact) mass is 339 g/mol. The highest BCUT2D eigenvalue weighted by atomic mass is 19.4. The molecule has 3 aromatic heterocycles. The number of hydrogen-bond acceptors (Lipinski definition) is 3. The molecule has 3 heterocycles. The Morgan fingerprint density at radius 3 is 2.54 bits per heavy atom. The summed E-state index contributed by atoms with van der Waals surface area (Å²) >= 11 is 0. The molecule has 24 heavy (non-hydrogen) atoms. The van der Waals surface area contributed by atoms with Gasteiger partial charge in [-0.1, -0.05) is 0 Å². The molecule has 3 aromatic rings. The first-order chi connectivity index (χ1) is 11.1. The van der Waals surface area contributed by atoms with Crippen molar-refractivity contribution in [2.75, 3.05) is 0 Å². The molecule has 1 N–H and O–H groups in total. The first kappa shape index (κ1) is 16.4. The zero-order valence-electron chi connectivity index (χ0n) is 12.8. The molecule has 0 amide bonds. The summed E-state index contributed by atoms with van der Waals surface area (Å²) in [4.78, 5) is 8.09. The first-order valence-corrected chi connectivity index (χ1v) is 7.00. The van der Waals surface area contributed by atoms with Gasteiger partial charge in [0.05, 0.1) is 5.69 Å². The van der Waals surface area contributed by atoms with Crippen molar-refractivity contribution < 1.29 is 22.7 Å². The van der Waals surface area contributed by atoms with Gasteiger partial charge in [-0.3, -0.25) is 4.98 Å². The van der Waals surface area contributed by atoms with Crippen molar-refractivity contribution in [1.29, 1.82) is 0 Å². The van der Waals surface area contributed by atoms with Crippen molar-refractivity contribution in [3.05, 3.63) is 53.9 Å². The summed E-state index contributed by atoms with van der Waals surface area (Å²) in [5.41, 5.74) is -1.75. The average molecular weight is 339 g/mol. The summed E-state index contributed by atoms with van der Waals surface area (Å²) in [6.45, 7) is 2.34. The number of alkyl halides is 3. The molecule has 0 saturated heterocycles. The Bertz CT molecular complexity index is 915. The van der Waals surface area contributed by atoms with E-state index in [0.717, 1.165) is 6.20 Å². The minimum Gasteiger partial charge on any atom is -0.376 e. The Kier molecular flexibility index (Phi) is 3.60. The number of halogens is 4. The molecule has 0 radical (unpaired) electrons. The van der Waals surface area contributed by atoms with Gasteiger partial charge in [0.1, 0.15) is 11.5 Å². The average Bonchev–Trinajstić information content (AvgIpc) is 2.83. The van der Waals surface area contributed by atoms with Crippen molar-refractivity contribution in [3.8, 4) is 11.3 Å². The van der Waals surface area contributed by atoms with Gasteiger partial charge >= 0.3 is 6.18 Å². The molecule has 0 fully saturated rings. The third-order valence-corrected chi connectivity index (χ3v) is 3.95. The molecule has 0 aliphatic carbocycles. The summed E-state index contributed by atoms with van der Waals surface area (Å²) in [7, 11) is 0. The van der Waals surface area contributed by atoms with Gasteiger partial charge in [-0.25, -0.2) is 9.37 Å². The highest BCUT2D eigenvalue weighted by molar-refractivity contribution is 5.66. The lowest BCUT2D eigenvalue weighted by Crippen LogP contribution is -2.39. The van der Waals surface area contributed by atoms with Crippen LogP contribution in [0.15, 0.2) is 36.8 Å². The van der Waals surface area contributed by atoms with Crippen LogP contribution in [0, 0.1) is 12.7 Å². The first-order valence-electron chi connectivity index (χ1n) is 7.00. The smallest absolute Gasteiger partial charge is 0.376 e. The largest absolute Gasteiger partial charge is 0.421 e. The number of imidazole rings is 1. The Morgan fingerprint density at radius 2 is 1.88 bits per heavy atom. The minimum absolute atomic E-state index is 0.304. The SMILES string of the molecule is Cc1c(-c2cncc(C(C)(O)C(F)(F)F)c2)nc2ccc(F)cn12. The van der Waals surface area contributed by atoms with E-state index in [1.165, 1.54) is 35.0 Å². The third kappa shape index (κ3) is 2.52. The molecule has 3 rings (SSSR count). The van der Waals surface area contributed by atoms with Crippen LogP contribution in [-0.4, -0.2) is 25.7 Å². The normalized spacial score (nSPS) is 14.8. The molecule has 0 aliphatic heterocycles. The molecule has 0 saturated carbocycles. The molecule has 1 atom stereocenters. The lowest BCUT2D eigenvalue weighted by Gasteiger charge is -2.26. The summed E-state index contributed by atoms with van der Waals surface area (Å²) in [6, 6.07) is 3.90. The quantitative estimate of drug-likeness (QED) is 0.726. The lowest BCUT2D eigenvalue weighted by molar-refractivity contribution is -0.259. The van der Waals surface area contributed by atoms with E-state index < -0.39 is 23.2 Å². The van der Waals surface area contributed by atoms with Crippen molar-refractivity contribution in [1.82, 2.24) is 14.4 Å². The Balaban J connectivity index is 2.15. The molecule has 0 aromatic carbocycles. The van der Waals surface area contributed by atoms with Crippen molar-refractivity contribution in [2.24, 2.45) is 0 Å². The fourth-order valence-electron chi connectivity index (χ4n) is 2.41. The number of aryl methyl sites for hydroxylation is 1. The second kappa shape index (κ2) is 5.27. The molecule has 0 aliphatic rings. The van der Waals surface area contributed by atoms with Crippen LogP contribution in [0.2, 0.25) is 0 Å². The maximum atomic E-state index is 13.4. The van der Waals surface area contributed by atoms with Gasteiger partial charge in [-0.15, -0.1) is 0 Å². The molecule has 126 valence electrons. The van der Waals surface area contributed by atoms with E-state index in [1.54, 1.807) is 6.92 Å². The fourth-order valence-corrected chi connectivity index (χ4v) is 2.41. The topological polar surface area (TPSA) is 50.4 Å². The van der Waals surface area contributed by atoms with Gasteiger partial charge < -0.3 is 9.51 Å². The van der Waals surface area contributed by atoms with Crippen LogP contribution in [0.3, 0.4) is 0 Å². The van der Waals surface area contributed by atoms with Gasteiger partial charge in [-0.2, -0.15) is 13.2 Å². The zero-order chi connectivity index (χ0) is 17.7. The van der Waals surface area contributed by atoms with E-state index in [-0.39, 0.29) is 0 Å². The highest BCUT2D eigenvalue weighted by Gasteiger charge is 2.51. The predicted octanol–water partition coefficient (Wildman–Crippen LogP) is 3.61. The van der Waals surface area contributed by atoms with Gasteiger partial charge in [0.15, 0.2) is 5.60 Å². The van der Waals surface area contributed by atoms with Crippen molar-refractivity contribution >= 4 is 5.65 Å². The number of hydrogen-bond donors (Lipinski definition) is 1. The molecule has 8 heteroatoms. The van der Waals surface area contributed by atoms with Gasteiger partial charge in [0, 0.05) is 35.4 Å². The Labute approximate surface area is 134 Å². The second-order valence-corrected chi connectivity index (χ2v) is 5.65. The van der Waals surface area contributed by atoms with E-state index >= 15 is 0 Å². The van der Waals surface area contributed by atoms with Crippen LogP contribution in [0.1, 0.15) is 18.2 Å². The van der Waals surface area contributed by atoms with Crippen molar-refractivity contribution in [2.45, 2.75) is 25.6 Å². The fraction of sp³-hybridized carbons (Fsp3) is 0.250. The van der Waals surface area contributed by atoms with E-state index in [0.29, 0.717) is 29.5 Å². The maximum absolute atomic E-state index is 13.4. The Morgan fingerprint density at radius 1 is 1.17 bits per heavy atom. The number of fused-ring (bicyclic) bond motifs is 1. The van der Waals surface area contributed by atoms with E-state index in [1.807, 2.05) is 0 Å². The van der Waals surface area contributed by atoms with Crippen LogP contribution in [-0.2, 0) is 5.60 Å². The summed E-state index contributed by atoms with van der Waals surface area (Å²) in [5, 5.41) is 9.80. The highest BCUT2D eigenvalue weighted by Crippen LogP contribution is 2.39. The molecular weight excluding hydrogens is 326 g/mol. The zero-order valence-corrected chi connectivity index (χ0v) is 12.8. The number of pyridine rings is 2. The molecule has 1 unspecified atom stereocenters. The Hall–Kier alpha value is -2.48. The molecule has 4 nitrogen and oxygen atoms in total. The van der Waals surface area contributed by atoms with Gasteiger partial charge in [0.25, 0.3) is 0 Å². The van der Waals surface area contributed by atoms with Gasteiger partial charge in [-0.05, 0) is 32.0 Å². The van der Waals surface area contributed by atoms with Crippen LogP contribution in [0.25, 0.3) is 16.9 Å². The molecule has 0 spiro atoms. The maximum Gasteiger partial charge on any atom is 0.421 e. The second-order valence-electron chi connectivity index (χ2n) is 5.65. The van der Waals surface area contributed by atoms with E-state index in [2.05, 4.69) is 9.97 Å². The van der Waals surface area contributed by atoms with Gasteiger partial charge in [0.2, 0.25) is 0 Å². The number of rotatable bonds is 2. The van der Waals surface area contributed by atoms with Crippen LogP contribution >= 0.6 is 0 Å². The van der Waals surface area contributed by atoms with E-state index in [9.17, 15) is 22.7 Å².